The summed E-state index contributed by atoms with van der Waals surface area (Å²) in [6.45, 7) is 11.1. The molecule has 5 nitrogen and oxygen atoms in total. The Hall–Kier alpha value is -3.44. The molecule has 0 fully saturated rings. The molecule has 1 aromatic heterocycles. The summed E-state index contributed by atoms with van der Waals surface area (Å²) in [6, 6.07) is 21.0. The molecule has 5 rings (SSSR count). The molecule has 0 unspecified atom stereocenters. The molecule has 0 bridgehead atoms. The van der Waals surface area contributed by atoms with Crippen LogP contribution in [0.15, 0.2) is 60.7 Å². The first-order valence-electron chi connectivity index (χ1n) is 11.1. The predicted molar refractivity (Wildman–Crippen MR) is 131 cm³/mol. The van der Waals surface area contributed by atoms with Gasteiger partial charge in [-0.2, -0.15) is 0 Å². The Kier molecular flexibility index (Phi) is 5.06. The third-order valence-corrected chi connectivity index (χ3v) is 6.29. The molecule has 0 saturated carbocycles. The van der Waals surface area contributed by atoms with Crippen molar-refractivity contribution in [3.05, 3.63) is 82.9 Å². The normalized spacial score (nSPS) is 13.8. The molecule has 0 atom stereocenters. The lowest BCUT2D eigenvalue weighted by Gasteiger charge is -2.32. The average Bonchev–Trinajstić information content (AvgIpc) is 3.09. The highest BCUT2D eigenvalue weighted by Crippen LogP contribution is 2.47. The molecule has 4 aromatic rings. The van der Waals surface area contributed by atoms with E-state index in [1.54, 1.807) is 0 Å². The number of aromatic nitrogens is 2. The molecule has 2 heterocycles. The van der Waals surface area contributed by atoms with Crippen LogP contribution in [-0.2, 0) is 4.74 Å². The summed E-state index contributed by atoms with van der Waals surface area (Å²) in [6.07, 6.45) is -0.379. The number of benzene rings is 3. The van der Waals surface area contributed by atoms with Crippen molar-refractivity contribution in [1.29, 1.82) is 0 Å². The fraction of sp³-hybridized carbons (Fsp3) is 0.259. The molecular formula is C27H28N4O. The van der Waals surface area contributed by atoms with Gasteiger partial charge in [0.1, 0.15) is 0 Å². The third kappa shape index (κ3) is 3.30. The van der Waals surface area contributed by atoms with Crippen LogP contribution < -0.4 is 9.80 Å². The number of rotatable bonds is 4. The summed E-state index contributed by atoms with van der Waals surface area (Å²) in [5, 5.41) is 0. The van der Waals surface area contributed by atoms with Gasteiger partial charge in [0.25, 0.3) is 0 Å². The molecule has 1 aliphatic rings. The van der Waals surface area contributed by atoms with E-state index in [9.17, 15) is 0 Å². The van der Waals surface area contributed by atoms with E-state index in [0.717, 1.165) is 34.0 Å². The summed E-state index contributed by atoms with van der Waals surface area (Å²) in [5.41, 5.74) is 8.82. The highest BCUT2D eigenvalue weighted by atomic mass is 16.5. The summed E-state index contributed by atoms with van der Waals surface area (Å²) in [7, 11) is 0. The maximum absolute atomic E-state index is 6.36. The zero-order valence-electron chi connectivity index (χ0n) is 19.3. The summed E-state index contributed by atoms with van der Waals surface area (Å²) in [4.78, 5) is 14.4. The Labute approximate surface area is 189 Å². The van der Waals surface area contributed by atoms with Crippen LogP contribution in [0, 0.1) is 27.7 Å². The van der Waals surface area contributed by atoms with Gasteiger partial charge in [-0.1, -0.05) is 24.3 Å². The number of para-hydroxylation sites is 2. The molecule has 5 heteroatoms. The smallest absolute Gasteiger partial charge is 0.221 e. The SMILES string of the molecule is CCOC1N(c2ccc(C)c(C)c2)c2nc3ccccc3nc2N1c1ccc(C)c(C)c1. The number of nitrogens with zero attached hydrogens (tertiary/aromatic N) is 4. The van der Waals surface area contributed by atoms with Gasteiger partial charge in [0.2, 0.25) is 6.35 Å². The van der Waals surface area contributed by atoms with E-state index in [0.29, 0.717) is 6.61 Å². The highest BCUT2D eigenvalue weighted by Gasteiger charge is 2.41. The van der Waals surface area contributed by atoms with Crippen LogP contribution in [0.1, 0.15) is 29.2 Å². The van der Waals surface area contributed by atoms with Gasteiger partial charge in [-0.05, 0) is 93.3 Å². The van der Waals surface area contributed by atoms with E-state index in [-0.39, 0.29) is 6.35 Å². The van der Waals surface area contributed by atoms with Gasteiger partial charge in [0.15, 0.2) is 11.6 Å². The maximum Gasteiger partial charge on any atom is 0.221 e. The first-order chi connectivity index (χ1) is 15.5. The Balaban J connectivity index is 1.77. The number of hydrogen-bond acceptors (Lipinski definition) is 5. The van der Waals surface area contributed by atoms with Gasteiger partial charge in [0.05, 0.1) is 11.0 Å². The lowest BCUT2D eigenvalue weighted by Crippen LogP contribution is -2.41. The van der Waals surface area contributed by atoms with Crippen molar-refractivity contribution >= 4 is 34.0 Å². The Morgan fingerprint density at radius 1 is 0.688 bits per heavy atom. The van der Waals surface area contributed by atoms with Crippen LogP contribution in [-0.4, -0.2) is 22.9 Å². The van der Waals surface area contributed by atoms with E-state index in [4.69, 9.17) is 14.7 Å². The van der Waals surface area contributed by atoms with Gasteiger partial charge in [-0.3, -0.25) is 9.80 Å². The van der Waals surface area contributed by atoms with Crippen molar-refractivity contribution in [3.63, 3.8) is 0 Å². The van der Waals surface area contributed by atoms with Gasteiger partial charge in [-0.25, -0.2) is 9.97 Å². The molecule has 0 N–H and O–H groups in total. The van der Waals surface area contributed by atoms with Crippen molar-refractivity contribution < 1.29 is 4.74 Å². The van der Waals surface area contributed by atoms with Crippen LogP contribution in [0.25, 0.3) is 11.0 Å². The molecule has 162 valence electrons. The summed E-state index contributed by atoms with van der Waals surface area (Å²) < 4.78 is 6.36. The second-order valence-corrected chi connectivity index (χ2v) is 8.42. The van der Waals surface area contributed by atoms with Crippen LogP contribution >= 0.6 is 0 Å². The Morgan fingerprint density at radius 3 is 1.56 bits per heavy atom. The van der Waals surface area contributed by atoms with Crippen LogP contribution in [0.4, 0.5) is 23.0 Å². The Morgan fingerprint density at radius 2 is 1.16 bits per heavy atom. The lowest BCUT2D eigenvalue weighted by molar-refractivity contribution is 0.0767. The maximum atomic E-state index is 6.36. The molecular weight excluding hydrogens is 396 g/mol. The number of fused-ring (bicyclic) bond motifs is 2. The molecule has 32 heavy (non-hydrogen) atoms. The van der Waals surface area contributed by atoms with E-state index >= 15 is 0 Å². The van der Waals surface area contributed by atoms with Crippen molar-refractivity contribution in [2.45, 2.75) is 41.0 Å². The van der Waals surface area contributed by atoms with Crippen molar-refractivity contribution in [1.82, 2.24) is 9.97 Å². The van der Waals surface area contributed by atoms with Crippen molar-refractivity contribution in [2.24, 2.45) is 0 Å². The van der Waals surface area contributed by atoms with Crippen LogP contribution in [0.3, 0.4) is 0 Å². The van der Waals surface area contributed by atoms with Gasteiger partial charge >= 0.3 is 0 Å². The molecule has 0 radical (unpaired) electrons. The van der Waals surface area contributed by atoms with Gasteiger partial charge < -0.3 is 4.74 Å². The quantitative estimate of drug-likeness (QED) is 0.375. The zero-order chi connectivity index (χ0) is 22.4. The molecule has 0 saturated heterocycles. The second-order valence-electron chi connectivity index (χ2n) is 8.42. The van der Waals surface area contributed by atoms with E-state index in [2.05, 4.69) is 73.9 Å². The minimum Gasteiger partial charge on any atom is -0.340 e. The second kappa shape index (κ2) is 7.92. The van der Waals surface area contributed by atoms with E-state index in [1.165, 1.54) is 22.3 Å². The van der Waals surface area contributed by atoms with E-state index in [1.807, 2.05) is 31.2 Å². The first-order valence-corrected chi connectivity index (χ1v) is 11.1. The number of ether oxygens (including phenoxy) is 1. The van der Waals surface area contributed by atoms with Crippen molar-refractivity contribution in [2.75, 3.05) is 16.4 Å². The highest BCUT2D eigenvalue weighted by molar-refractivity contribution is 5.89. The molecule has 1 aliphatic heterocycles. The van der Waals surface area contributed by atoms with E-state index < -0.39 is 0 Å². The first kappa shape index (κ1) is 20.5. The summed E-state index contributed by atoms with van der Waals surface area (Å²) >= 11 is 0. The molecule has 3 aromatic carbocycles. The Bertz CT molecular complexity index is 1220. The molecule has 0 amide bonds. The fourth-order valence-corrected chi connectivity index (χ4v) is 4.18. The number of hydrogen-bond donors (Lipinski definition) is 0. The lowest BCUT2D eigenvalue weighted by atomic mass is 10.1. The fourth-order valence-electron chi connectivity index (χ4n) is 4.18. The zero-order valence-corrected chi connectivity index (χ0v) is 19.3. The van der Waals surface area contributed by atoms with Gasteiger partial charge in [0, 0.05) is 18.0 Å². The number of aryl methyl sites for hydroxylation is 4. The average molecular weight is 425 g/mol. The monoisotopic (exact) mass is 424 g/mol. The summed E-state index contributed by atoms with van der Waals surface area (Å²) in [5.74, 6) is 1.62. The van der Waals surface area contributed by atoms with Gasteiger partial charge in [-0.15, -0.1) is 0 Å². The van der Waals surface area contributed by atoms with Crippen LogP contribution in [0.2, 0.25) is 0 Å². The number of anilines is 4. The minimum absolute atomic E-state index is 0.379. The van der Waals surface area contributed by atoms with Crippen LogP contribution in [0.5, 0.6) is 0 Å². The predicted octanol–water partition coefficient (Wildman–Crippen LogP) is 6.47. The topological polar surface area (TPSA) is 41.5 Å². The largest absolute Gasteiger partial charge is 0.340 e. The molecule has 0 aliphatic carbocycles. The standard InChI is InChI=1S/C27H28N4O/c1-6-32-27-30(21-13-11-17(2)19(4)15-21)25-26(29-24-10-8-7-9-23(24)28-25)31(27)22-14-12-18(3)20(5)16-22/h7-16,27H,6H2,1-5H3. The minimum atomic E-state index is -0.379. The van der Waals surface area contributed by atoms with Crippen molar-refractivity contribution in [3.8, 4) is 0 Å². The third-order valence-electron chi connectivity index (χ3n) is 6.29. The molecule has 0 spiro atoms.